The van der Waals surface area contributed by atoms with E-state index in [4.69, 9.17) is 11.6 Å². The van der Waals surface area contributed by atoms with Crippen LogP contribution in [0.5, 0.6) is 0 Å². The van der Waals surface area contributed by atoms with Gasteiger partial charge in [-0.3, -0.25) is 0 Å². The Bertz CT molecular complexity index is 542. The molecule has 0 amide bonds. The average Bonchev–Trinajstić information content (AvgIpc) is 2.41. The van der Waals surface area contributed by atoms with Crippen LogP contribution >= 0.6 is 11.6 Å². The molecule has 2 rings (SSSR count). The van der Waals surface area contributed by atoms with Crippen molar-refractivity contribution in [3.63, 3.8) is 0 Å². The van der Waals surface area contributed by atoms with Crippen LogP contribution in [-0.2, 0) is 0 Å². The monoisotopic (exact) mass is 263 g/mol. The van der Waals surface area contributed by atoms with E-state index in [1.54, 1.807) is 0 Å². The fourth-order valence-corrected chi connectivity index (χ4v) is 2.10. The maximum Gasteiger partial charge on any atom is 0.156 e. The van der Waals surface area contributed by atoms with Crippen molar-refractivity contribution in [3.8, 4) is 0 Å². The van der Waals surface area contributed by atoms with Crippen molar-refractivity contribution in [2.45, 2.75) is 26.8 Å². The second kappa shape index (κ2) is 5.53. The Kier molecular flexibility index (Phi) is 4.02. The molecule has 0 spiro atoms. The number of fused-ring (bicyclic) bond motifs is 1. The Labute approximate surface area is 113 Å². The number of nitrogens with zero attached hydrogens (tertiary/aromatic N) is 2. The molecule has 0 aliphatic carbocycles. The molecule has 0 saturated carbocycles. The molecule has 2 aromatic rings. The first-order chi connectivity index (χ1) is 8.63. The van der Waals surface area contributed by atoms with E-state index < -0.39 is 0 Å². The summed E-state index contributed by atoms with van der Waals surface area (Å²) in [6.45, 7) is 6.21. The molecule has 2 atom stereocenters. The second-order valence-electron chi connectivity index (χ2n) is 4.74. The molecule has 0 radical (unpaired) electrons. The molecule has 2 unspecified atom stereocenters. The summed E-state index contributed by atoms with van der Waals surface area (Å²) in [7, 11) is 0. The first-order valence-corrected chi connectivity index (χ1v) is 6.71. The van der Waals surface area contributed by atoms with Gasteiger partial charge in [-0.05, 0) is 19.8 Å². The number of hydrogen-bond acceptors (Lipinski definition) is 3. The number of halogens is 1. The number of nitrogens with one attached hydrogen (secondary N) is 1. The van der Waals surface area contributed by atoms with Crippen LogP contribution in [0, 0.1) is 12.8 Å². The lowest BCUT2D eigenvalue weighted by atomic mass is 10.1. The van der Waals surface area contributed by atoms with Gasteiger partial charge in [0.05, 0.1) is 5.69 Å². The third-order valence-corrected chi connectivity index (χ3v) is 3.82. The molecule has 0 aliphatic heterocycles. The average molecular weight is 264 g/mol. The highest BCUT2D eigenvalue weighted by Gasteiger charge is 2.13. The lowest BCUT2D eigenvalue weighted by Gasteiger charge is -2.20. The van der Waals surface area contributed by atoms with Crippen molar-refractivity contribution >= 4 is 28.2 Å². The predicted molar refractivity (Wildman–Crippen MR) is 77.2 cm³/mol. The van der Waals surface area contributed by atoms with Crippen molar-refractivity contribution in [1.29, 1.82) is 0 Å². The summed E-state index contributed by atoms with van der Waals surface area (Å²) in [5, 5.41) is 14.1. The minimum Gasteiger partial charge on any atom is -0.365 e. The first-order valence-electron chi connectivity index (χ1n) is 6.18. The molecule has 4 heteroatoms. The van der Waals surface area contributed by atoms with E-state index in [2.05, 4.69) is 41.5 Å². The highest BCUT2D eigenvalue weighted by Crippen LogP contribution is 2.23. The molecule has 1 aromatic carbocycles. The molecule has 1 N–H and O–H groups in total. The first kappa shape index (κ1) is 13.1. The van der Waals surface area contributed by atoms with Crippen LogP contribution in [0.1, 0.15) is 19.5 Å². The van der Waals surface area contributed by atoms with Crippen molar-refractivity contribution < 1.29 is 0 Å². The summed E-state index contributed by atoms with van der Waals surface area (Å²) in [5.74, 6) is 1.85. The molecular formula is C14H18ClN3. The number of aromatic nitrogens is 2. The molecule has 3 nitrogen and oxygen atoms in total. The SMILES string of the molecule is Cc1nnc(NC(C)C(C)CCl)c2ccccc12. The van der Waals surface area contributed by atoms with Crippen LogP contribution in [0.25, 0.3) is 10.8 Å². The molecule has 1 heterocycles. The normalized spacial score (nSPS) is 14.4. The summed E-state index contributed by atoms with van der Waals surface area (Å²) in [5.41, 5.74) is 0.953. The van der Waals surface area contributed by atoms with Gasteiger partial charge in [-0.2, -0.15) is 5.10 Å². The van der Waals surface area contributed by atoms with Crippen molar-refractivity contribution in [3.05, 3.63) is 30.0 Å². The number of aryl methyl sites for hydroxylation is 1. The van der Waals surface area contributed by atoms with Crippen molar-refractivity contribution in [2.24, 2.45) is 5.92 Å². The van der Waals surface area contributed by atoms with Gasteiger partial charge in [-0.15, -0.1) is 16.7 Å². The zero-order valence-electron chi connectivity index (χ0n) is 10.9. The summed E-state index contributed by atoms with van der Waals surface area (Å²) >= 11 is 5.88. The van der Waals surface area contributed by atoms with E-state index in [1.807, 2.05) is 19.1 Å². The number of benzene rings is 1. The Morgan fingerprint density at radius 2 is 1.83 bits per heavy atom. The number of alkyl halides is 1. The Balaban J connectivity index is 2.37. The topological polar surface area (TPSA) is 37.8 Å². The molecule has 0 saturated heterocycles. The maximum absolute atomic E-state index is 5.88. The van der Waals surface area contributed by atoms with E-state index in [9.17, 15) is 0 Å². The van der Waals surface area contributed by atoms with Crippen LogP contribution in [0.2, 0.25) is 0 Å². The van der Waals surface area contributed by atoms with Gasteiger partial charge in [0.25, 0.3) is 0 Å². The Morgan fingerprint density at radius 1 is 1.17 bits per heavy atom. The van der Waals surface area contributed by atoms with E-state index in [-0.39, 0.29) is 6.04 Å². The van der Waals surface area contributed by atoms with Crippen molar-refractivity contribution in [1.82, 2.24) is 10.2 Å². The molecule has 0 aliphatic rings. The van der Waals surface area contributed by atoms with Crippen LogP contribution in [0.4, 0.5) is 5.82 Å². The largest absolute Gasteiger partial charge is 0.365 e. The summed E-state index contributed by atoms with van der Waals surface area (Å²) in [6, 6.07) is 8.44. The lowest BCUT2D eigenvalue weighted by Crippen LogP contribution is -2.25. The van der Waals surface area contributed by atoms with Gasteiger partial charge in [0, 0.05) is 22.7 Å². The molecule has 0 bridgehead atoms. The third-order valence-electron chi connectivity index (χ3n) is 3.33. The smallest absolute Gasteiger partial charge is 0.156 e. The van der Waals surface area contributed by atoms with Gasteiger partial charge in [0.2, 0.25) is 0 Å². The van der Waals surface area contributed by atoms with Crippen molar-refractivity contribution in [2.75, 3.05) is 11.2 Å². The van der Waals surface area contributed by atoms with E-state index >= 15 is 0 Å². The minimum absolute atomic E-state index is 0.267. The van der Waals surface area contributed by atoms with Gasteiger partial charge in [-0.25, -0.2) is 0 Å². The Hall–Kier alpha value is -1.35. The fraction of sp³-hybridized carbons (Fsp3) is 0.429. The number of anilines is 1. The molecule has 0 fully saturated rings. The van der Waals surface area contributed by atoms with Gasteiger partial charge in [-0.1, -0.05) is 31.2 Å². The lowest BCUT2D eigenvalue weighted by molar-refractivity contribution is 0.564. The highest BCUT2D eigenvalue weighted by molar-refractivity contribution is 6.18. The molecule has 96 valence electrons. The number of rotatable bonds is 4. The quantitative estimate of drug-likeness (QED) is 0.857. The standard InChI is InChI=1S/C14H18ClN3/c1-9(8-15)10(2)16-14-13-7-5-4-6-12(13)11(3)17-18-14/h4-7,9-10H,8H2,1-3H3,(H,16,18). The Morgan fingerprint density at radius 3 is 2.50 bits per heavy atom. The van der Waals surface area contributed by atoms with Gasteiger partial charge >= 0.3 is 0 Å². The highest BCUT2D eigenvalue weighted by atomic mass is 35.5. The van der Waals surface area contributed by atoms with Crippen LogP contribution < -0.4 is 5.32 Å². The zero-order valence-corrected chi connectivity index (χ0v) is 11.7. The van der Waals surface area contributed by atoms with Gasteiger partial charge < -0.3 is 5.32 Å². The number of hydrogen-bond donors (Lipinski definition) is 1. The minimum atomic E-state index is 0.267. The summed E-state index contributed by atoms with van der Waals surface area (Å²) in [4.78, 5) is 0. The summed E-state index contributed by atoms with van der Waals surface area (Å²) in [6.07, 6.45) is 0. The van der Waals surface area contributed by atoms with Crippen LogP contribution in [0.3, 0.4) is 0 Å². The molecule has 1 aromatic heterocycles. The van der Waals surface area contributed by atoms with Gasteiger partial charge in [0.1, 0.15) is 0 Å². The second-order valence-corrected chi connectivity index (χ2v) is 5.05. The van der Waals surface area contributed by atoms with Crippen LogP contribution in [0.15, 0.2) is 24.3 Å². The maximum atomic E-state index is 5.88. The predicted octanol–water partition coefficient (Wildman–Crippen LogP) is 3.61. The zero-order chi connectivity index (χ0) is 13.1. The molecule has 18 heavy (non-hydrogen) atoms. The summed E-state index contributed by atoms with van der Waals surface area (Å²) < 4.78 is 0. The third kappa shape index (κ3) is 2.56. The fourth-order valence-electron chi connectivity index (χ4n) is 1.84. The van der Waals surface area contributed by atoms with Crippen LogP contribution in [-0.4, -0.2) is 22.1 Å². The van der Waals surface area contributed by atoms with E-state index in [0.29, 0.717) is 11.8 Å². The molecular weight excluding hydrogens is 246 g/mol. The van der Waals surface area contributed by atoms with Gasteiger partial charge in [0.15, 0.2) is 5.82 Å². The van der Waals surface area contributed by atoms with E-state index in [1.165, 1.54) is 0 Å². The van der Waals surface area contributed by atoms with E-state index in [0.717, 1.165) is 22.3 Å².